The Bertz CT molecular complexity index is 1130. The molecule has 1 amide bonds. The summed E-state index contributed by atoms with van der Waals surface area (Å²) in [6, 6.07) is 11.4. The number of para-hydroxylation sites is 1. The second-order valence-electron chi connectivity index (χ2n) is 6.51. The highest BCUT2D eigenvalue weighted by Gasteiger charge is 2.17. The van der Waals surface area contributed by atoms with Crippen molar-refractivity contribution in [2.75, 3.05) is 14.2 Å². The average Bonchev–Trinajstić information content (AvgIpc) is 3.03. The lowest BCUT2D eigenvalue weighted by molar-refractivity contribution is 0.0994. The van der Waals surface area contributed by atoms with Crippen molar-refractivity contribution in [3.8, 4) is 23.8 Å². The molecule has 0 aliphatic rings. The summed E-state index contributed by atoms with van der Waals surface area (Å²) in [4.78, 5) is 17.8. The zero-order valence-electron chi connectivity index (χ0n) is 16.4. The smallest absolute Gasteiger partial charge is 0.283 e. The molecule has 0 saturated heterocycles. The van der Waals surface area contributed by atoms with Crippen LogP contribution in [0.4, 0.5) is 0 Å². The number of hydrogen-bond acceptors (Lipinski definition) is 4. The van der Waals surface area contributed by atoms with Crippen LogP contribution < -0.4 is 14.3 Å². The maximum absolute atomic E-state index is 12.9. The molecule has 3 rings (SSSR count). The van der Waals surface area contributed by atoms with E-state index < -0.39 is 5.91 Å². The van der Waals surface area contributed by atoms with E-state index in [1.807, 2.05) is 10.6 Å². The second-order valence-corrected chi connectivity index (χ2v) is 7.52. The number of ether oxygens (including phenoxy) is 2. The molecule has 1 heterocycles. The first-order valence-electron chi connectivity index (χ1n) is 8.87. The molecule has 0 unspecified atom stereocenters. The van der Waals surface area contributed by atoms with Crippen molar-refractivity contribution in [1.82, 2.24) is 4.57 Å². The monoisotopic (exact) mass is 394 g/mol. The van der Waals surface area contributed by atoms with Gasteiger partial charge < -0.3 is 14.0 Å². The van der Waals surface area contributed by atoms with Crippen LogP contribution in [0.2, 0.25) is 0 Å². The lowest BCUT2D eigenvalue weighted by atomic mass is 10.0. The van der Waals surface area contributed by atoms with Gasteiger partial charge in [-0.2, -0.15) is 4.99 Å². The van der Waals surface area contributed by atoms with Gasteiger partial charge in [-0.15, -0.1) is 6.42 Å². The van der Waals surface area contributed by atoms with Crippen LogP contribution in [0.3, 0.4) is 0 Å². The standard InChI is InChI=1S/C22H22N2O3S/c1-6-12-24-17-11-10-15(14(2)3)13-19(17)28-22(24)23-21(25)16-8-7-9-18(26-4)20(16)27-5/h1,7-11,13-14H,12H2,2-5H3. The zero-order chi connectivity index (χ0) is 20.3. The van der Waals surface area contributed by atoms with Gasteiger partial charge >= 0.3 is 0 Å². The van der Waals surface area contributed by atoms with Crippen LogP contribution >= 0.6 is 11.3 Å². The maximum Gasteiger partial charge on any atom is 0.283 e. The fourth-order valence-electron chi connectivity index (χ4n) is 2.98. The third-order valence-electron chi connectivity index (χ3n) is 4.45. The van der Waals surface area contributed by atoms with E-state index in [1.165, 1.54) is 31.1 Å². The van der Waals surface area contributed by atoms with Gasteiger partial charge in [-0.25, -0.2) is 0 Å². The van der Waals surface area contributed by atoms with Gasteiger partial charge in [0.2, 0.25) is 0 Å². The van der Waals surface area contributed by atoms with Gasteiger partial charge in [0.05, 0.1) is 36.5 Å². The molecule has 28 heavy (non-hydrogen) atoms. The number of methoxy groups -OCH3 is 2. The van der Waals surface area contributed by atoms with E-state index in [4.69, 9.17) is 15.9 Å². The number of thiazole rings is 1. The van der Waals surface area contributed by atoms with Gasteiger partial charge in [0.25, 0.3) is 5.91 Å². The first-order valence-corrected chi connectivity index (χ1v) is 9.68. The van der Waals surface area contributed by atoms with Crippen molar-refractivity contribution in [2.24, 2.45) is 4.99 Å². The molecule has 5 nitrogen and oxygen atoms in total. The van der Waals surface area contributed by atoms with Crippen molar-refractivity contribution in [1.29, 1.82) is 0 Å². The van der Waals surface area contributed by atoms with E-state index >= 15 is 0 Å². The molecule has 3 aromatic rings. The van der Waals surface area contributed by atoms with Crippen molar-refractivity contribution >= 4 is 27.5 Å². The molecule has 0 radical (unpaired) electrons. The maximum atomic E-state index is 12.9. The fraction of sp³-hybridized carbons (Fsp3) is 0.273. The zero-order valence-corrected chi connectivity index (χ0v) is 17.2. The molecule has 6 heteroatoms. The number of amides is 1. The van der Waals surface area contributed by atoms with E-state index in [9.17, 15) is 4.79 Å². The normalized spacial score (nSPS) is 11.6. The minimum Gasteiger partial charge on any atom is -0.493 e. The third-order valence-corrected chi connectivity index (χ3v) is 5.49. The number of terminal acetylenes is 1. The molecule has 0 saturated carbocycles. The molecule has 0 aliphatic heterocycles. The highest BCUT2D eigenvalue weighted by molar-refractivity contribution is 7.16. The lowest BCUT2D eigenvalue weighted by Gasteiger charge is -2.09. The Hall–Kier alpha value is -3.04. The number of nitrogens with zero attached hydrogens (tertiary/aromatic N) is 2. The van der Waals surface area contributed by atoms with Gasteiger partial charge in [0.1, 0.15) is 0 Å². The van der Waals surface area contributed by atoms with E-state index in [1.54, 1.807) is 18.2 Å². The van der Waals surface area contributed by atoms with Crippen LogP contribution in [-0.2, 0) is 6.54 Å². The van der Waals surface area contributed by atoms with Crippen LogP contribution in [0.15, 0.2) is 41.4 Å². The van der Waals surface area contributed by atoms with Crippen molar-refractivity contribution in [2.45, 2.75) is 26.3 Å². The molecule has 0 N–H and O–H groups in total. The van der Waals surface area contributed by atoms with Gasteiger partial charge in [-0.05, 0) is 35.7 Å². The first kappa shape index (κ1) is 19.7. The molecular weight excluding hydrogens is 372 g/mol. The summed E-state index contributed by atoms with van der Waals surface area (Å²) in [5.74, 6) is 3.51. The summed E-state index contributed by atoms with van der Waals surface area (Å²) in [5, 5.41) is 0. The summed E-state index contributed by atoms with van der Waals surface area (Å²) in [5.41, 5.74) is 2.54. The molecule has 2 aromatic carbocycles. The Kier molecular flexibility index (Phi) is 5.86. The number of hydrogen-bond donors (Lipinski definition) is 0. The molecule has 0 atom stereocenters. The van der Waals surface area contributed by atoms with E-state index in [2.05, 4.69) is 36.9 Å². The average molecular weight is 394 g/mol. The SMILES string of the molecule is C#CCn1c(=NC(=O)c2cccc(OC)c2OC)sc2cc(C(C)C)ccc21. The Morgan fingerprint density at radius 2 is 2.04 bits per heavy atom. The summed E-state index contributed by atoms with van der Waals surface area (Å²) in [7, 11) is 3.03. The molecule has 0 aliphatic carbocycles. The van der Waals surface area contributed by atoms with Crippen LogP contribution in [0.25, 0.3) is 10.2 Å². The molecule has 144 valence electrons. The van der Waals surface area contributed by atoms with E-state index in [0.29, 0.717) is 34.3 Å². The molecule has 0 bridgehead atoms. The highest BCUT2D eigenvalue weighted by Crippen LogP contribution is 2.31. The lowest BCUT2D eigenvalue weighted by Crippen LogP contribution is -2.16. The predicted octanol–water partition coefficient (Wildman–Crippen LogP) is 4.22. The number of carbonyl (C=O) groups is 1. The minimum absolute atomic E-state index is 0.336. The largest absolute Gasteiger partial charge is 0.493 e. The second kappa shape index (κ2) is 8.32. The molecule has 0 spiro atoms. The number of carbonyl (C=O) groups excluding carboxylic acids is 1. The quantitative estimate of drug-likeness (QED) is 0.609. The first-order chi connectivity index (χ1) is 13.5. The highest BCUT2D eigenvalue weighted by atomic mass is 32.1. The van der Waals surface area contributed by atoms with Gasteiger partial charge in [-0.1, -0.05) is 43.2 Å². The van der Waals surface area contributed by atoms with Crippen LogP contribution in [-0.4, -0.2) is 24.7 Å². The molecular formula is C22H22N2O3S. The number of benzene rings is 2. The van der Waals surface area contributed by atoms with Crippen molar-refractivity contribution in [3.05, 3.63) is 52.3 Å². The summed E-state index contributed by atoms with van der Waals surface area (Å²) >= 11 is 1.45. The predicted molar refractivity (Wildman–Crippen MR) is 112 cm³/mol. The van der Waals surface area contributed by atoms with Crippen LogP contribution in [0.5, 0.6) is 11.5 Å². The molecule has 0 fully saturated rings. The fourth-order valence-corrected chi connectivity index (χ4v) is 4.06. The van der Waals surface area contributed by atoms with Gasteiger partial charge in [0, 0.05) is 0 Å². The van der Waals surface area contributed by atoms with E-state index in [0.717, 1.165) is 10.2 Å². The summed E-state index contributed by atoms with van der Waals surface area (Å²) < 4.78 is 13.6. The third kappa shape index (κ3) is 3.67. The Balaban J connectivity index is 2.17. The molecule has 1 aromatic heterocycles. The van der Waals surface area contributed by atoms with Crippen LogP contribution in [0.1, 0.15) is 35.7 Å². The Labute approximate surface area is 168 Å². The number of rotatable bonds is 5. The van der Waals surface area contributed by atoms with Gasteiger partial charge in [0.15, 0.2) is 16.3 Å². The van der Waals surface area contributed by atoms with E-state index in [-0.39, 0.29) is 0 Å². The van der Waals surface area contributed by atoms with Crippen molar-refractivity contribution in [3.63, 3.8) is 0 Å². The minimum atomic E-state index is -0.405. The van der Waals surface area contributed by atoms with Gasteiger partial charge in [-0.3, -0.25) is 4.79 Å². The summed E-state index contributed by atoms with van der Waals surface area (Å²) in [6.45, 7) is 4.63. The number of fused-ring (bicyclic) bond motifs is 1. The summed E-state index contributed by atoms with van der Waals surface area (Å²) in [6.07, 6.45) is 5.55. The Morgan fingerprint density at radius 1 is 1.25 bits per heavy atom. The topological polar surface area (TPSA) is 52.8 Å². The number of aromatic nitrogens is 1. The van der Waals surface area contributed by atoms with Crippen molar-refractivity contribution < 1.29 is 14.3 Å². The Morgan fingerprint density at radius 3 is 2.68 bits per heavy atom. The van der Waals surface area contributed by atoms with Crippen LogP contribution in [0, 0.1) is 12.3 Å².